The van der Waals surface area contributed by atoms with E-state index in [1.165, 1.54) is 5.56 Å². The molecule has 0 spiro atoms. The molecular weight excluding hydrogens is 470 g/mol. The molecule has 3 aromatic rings. The van der Waals surface area contributed by atoms with Gasteiger partial charge in [0.15, 0.2) is 5.43 Å². The molecule has 1 fully saturated rings. The van der Waals surface area contributed by atoms with Crippen molar-refractivity contribution >= 4 is 32.8 Å². The van der Waals surface area contributed by atoms with Crippen molar-refractivity contribution in [3.63, 3.8) is 0 Å². The lowest BCUT2D eigenvalue weighted by Gasteiger charge is -2.28. The quantitative estimate of drug-likeness (QED) is 0.475. The molecule has 2 aromatic carbocycles. The maximum absolute atomic E-state index is 13.6. The summed E-state index contributed by atoms with van der Waals surface area (Å²) in [6, 6.07) is 13.0. The fourth-order valence-corrected chi connectivity index (χ4v) is 5.06. The van der Waals surface area contributed by atoms with E-state index in [1.807, 2.05) is 18.2 Å². The van der Waals surface area contributed by atoms with E-state index in [9.17, 15) is 9.59 Å². The molecule has 1 amide bonds. The molecular formula is C26H26BrNO4. The summed E-state index contributed by atoms with van der Waals surface area (Å²) in [4.78, 5) is 28.9. The summed E-state index contributed by atoms with van der Waals surface area (Å²) >= 11 is 3.44. The number of hydrogen-bond donors (Lipinski definition) is 0. The van der Waals surface area contributed by atoms with Crippen LogP contribution in [0.25, 0.3) is 11.0 Å². The first-order valence-corrected chi connectivity index (χ1v) is 11.8. The van der Waals surface area contributed by atoms with Crippen molar-refractivity contribution in [2.75, 3.05) is 13.2 Å². The highest BCUT2D eigenvalue weighted by Crippen LogP contribution is 2.39. The Morgan fingerprint density at radius 1 is 1.09 bits per heavy atom. The molecule has 0 saturated carbocycles. The monoisotopic (exact) mass is 495 g/mol. The van der Waals surface area contributed by atoms with Crippen molar-refractivity contribution < 1.29 is 13.9 Å². The van der Waals surface area contributed by atoms with E-state index in [0.29, 0.717) is 29.7 Å². The number of amides is 1. The number of fused-ring (bicyclic) bond motifs is 2. The van der Waals surface area contributed by atoms with Crippen LogP contribution in [0.15, 0.2) is 56.1 Å². The van der Waals surface area contributed by atoms with Crippen LogP contribution in [0.1, 0.15) is 66.9 Å². The Hall–Kier alpha value is -2.44. The van der Waals surface area contributed by atoms with Gasteiger partial charge in [-0.1, -0.05) is 61.0 Å². The second-order valence-corrected chi connectivity index (χ2v) is 10.6. The second kappa shape index (κ2) is 7.85. The van der Waals surface area contributed by atoms with Crippen LogP contribution >= 0.6 is 15.9 Å². The minimum Gasteiger partial charge on any atom is -0.450 e. The summed E-state index contributed by atoms with van der Waals surface area (Å²) in [5.41, 5.74) is 2.81. The highest BCUT2D eigenvalue weighted by atomic mass is 79.9. The van der Waals surface area contributed by atoms with Crippen LogP contribution in [0.5, 0.6) is 0 Å². The first-order valence-electron chi connectivity index (χ1n) is 11.0. The van der Waals surface area contributed by atoms with Crippen molar-refractivity contribution in [3.05, 3.63) is 79.6 Å². The van der Waals surface area contributed by atoms with Gasteiger partial charge in [0, 0.05) is 17.6 Å². The fraction of sp³-hybridized carbons (Fsp3) is 0.385. The van der Waals surface area contributed by atoms with Gasteiger partial charge in [0.1, 0.15) is 5.58 Å². The van der Waals surface area contributed by atoms with Gasteiger partial charge in [0.05, 0.1) is 23.1 Å². The van der Waals surface area contributed by atoms with Crippen LogP contribution in [-0.4, -0.2) is 30.1 Å². The van der Waals surface area contributed by atoms with Crippen LogP contribution < -0.4 is 5.43 Å². The average Bonchev–Trinajstić information content (AvgIpc) is 3.36. The summed E-state index contributed by atoms with van der Waals surface area (Å²) in [7, 11) is 0. The molecule has 0 N–H and O–H groups in total. The Morgan fingerprint density at radius 2 is 1.84 bits per heavy atom. The van der Waals surface area contributed by atoms with Gasteiger partial charge in [-0.15, -0.1) is 0 Å². The topological polar surface area (TPSA) is 59.8 Å². The molecule has 2 aliphatic rings. The van der Waals surface area contributed by atoms with E-state index in [-0.39, 0.29) is 28.6 Å². The van der Waals surface area contributed by atoms with Gasteiger partial charge in [-0.25, -0.2) is 0 Å². The summed E-state index contributed by atoms with van der Waals surface area (Å²) in [6.07, 6.45) is 1.87. The Bertz CT molecular complexity index is 1250. The number of nitrogens with zero attached hydrogens (tertiary/aromatic N) is 1. The number of rotatable bonds is 3. The van der Waals surface area contributed by atoms with Gasteiger partial charge in [-0.3, -0.25) is 9.59 Å². The van der Waals surface area contributed by atoms with Gasteiger partial charge in [-0.05, 0) is 47.6 Å². The second-order valence-electron chi connectivity index (χ2n) is 9.68. The predicted octanol–water partition coefficient (Wildman–Crippen LogP) is 5.58. The molecule has 0 aliphatic carbocycles. The number of benzene rings is 2. The van der Waals surface area contributed by atoms with E-state index in [1.54, 1.807) is 17.0 Å². The molecule has 0 bridgehead atoms. The Labute approximate surface area is 195 Å². The summed E-state index contributed by atoms with van der Waals surface area (Å²) in [5, 5.41) is 0.473. The maximum atomic E-state index is 13.6. The number of hydrogen-bond acceptors (Lipinski definition) is 4. The van der Waals surface area contributed by atoms with E-state index in [4.69, 9.17) is 9.15 Å². The highest BCUT2D eigenvalue weighted by molar-refractivity contribution is 9.10. The summed E-state index contributed by atoms with van der Waals surface area (Å²) in [5.74, 6) is -0.102. The molecule has 0 radical (unpaired) electrons. The van der Waals surface area contributed by atoms with E-state index in [2.05, 4.69) is 48.8 Å². The third-order valence-electron chi connectivity index (χ3n) is 6.44. The van der Waals surface area contributed by atoms with Crippen LogP contribution in [0.3, 0.4) is 0 Å². The van der Waals surface area contributed by atoms with E-state index >= 15 is 0 Å². The number of carbonyl (C=O) groups is 1. The third kappa shape index (κ3) is 3.59. The number of carbonyl (C=O) groups excluding carboxylic acids is 1. The lowest BCUT2D eigenvalue weighted by molar-refractivity contribution is 0.0486. The van der Waals surface area contributed by atoms with Crippen molar-refractivity contribution in [2.24, 2.45) is 0 Å². The van der Waals surface area contributed by atoms with Gasteiger partial charge >= 0.3 is 0 Å². The standard InChI is InChI=1S/C26H26BrNO4/c1-26(2,3)16-8-6-15(7-9-16)22-21-23(29)19-13-17(27)10-11-20(19)32-24(21)25(30)28(22)14-18-5-4-12-31-18/h6-11,13,18,22H,4-5,12,14H2,1-3H3/t18-,22-/m0/s1. The van der Waals surface area contributed by atoms with Gasteiger partial charge in [-0.2, -0.15) is 0 Å². The molecule has 1 saturated heterocycles. The molecule has 32 heavy (non-hydrogen) atoms. The number of ether oxygens (including phenoxy) is 1. The SMILES string of the molecule is CC(C)(C)c1ccc([C@H]2c3c(oc4ccc(Br)cc4c3=O)C(=O)N2C[C@@H]2CCCO2)cc1. The third-order valence-corrected chi connectivity index (χ3v) is 6.94. The van der Waals surface area contributed by atoms with Crippen molar-refractivity contribution in [1.82, 2.24) is 4.90 Å². The first-order chi connectivity index (χ1) is 15.2. The molecule has 5 rings (SSSR count). The fourth-order valence-electron chi connectivity index (χ4n) is 4.70. The van der Waals surface area contributed by atoms with Crippen molar-refractivity contribution in [2.45, 2.75) is 51.2 Å². The summed E-state index contributed by atoms with van der Waals surface area (Å²) < 4.78 is 12.6. The molecule has 2 aliphatic heterocycles. The maximum Gasteiger partial charge on any atom is 0.291 e. The van der Waals surface area contributed by atoms with Gasteiger partial charge in [0.25, 0.3) is 5.91 Å². The zero-order chi connectivity index (χ0) is 22.6. The molecule has 2 atom stereocenters. The smallest absolute Gasteiger partial charge is 0.291 e. The van der Waals surface area contributed by atoms with Crippen molar-refractivity contribution in [1.29, 1.82) is 0 Å². The van der Waals surface area contributed by atoms with E-state index in [0.717, 1.165) is 22.9 Å². The zero-order valence-electron chi connectivity index (χ0n) is 18.5. The van der Waals surface area contributed by atoms with Crippen LogP contribution in [-0.2, 0) is 10.2 Å². The molecule has 1 aromatic heterocycles. The lowest BCUT2D eigenvalue weighted by atomic mass is 9.86. The zero-order valence-corrected chi connectivity index (χ0v) is 20.1. The number of halogens is 1. The highest BCUT2D eigenvalue weighted by Gasteiger charge is 2.44. The molecule has 3 heterocycles. The van der Waals surface area contributed by atoms with Gasteiger partial charge < -0.3 is 14.1 Å². The minimum absolute atomic E-state index is 0.0147. The average molecular weight is 496 g/mol. The Morgan fingerprint density at radius 3 is 2.50 bits per heavy atom. The van der Waals surface area contributed by atoms with Crippen LogP contribution in [0, 0.1) is 0 Å². The predicted molar refractivity (Wildman–Crippen MR) is 127 cm³/mol. The Kier molecular flexibility index (Phi) is 5.25. The van der Waals surface area contributed by atoms with Gasteiger partial charge in [0.2, 0.25) is 5.76 Å². The summed E-state index contributed by atoms with van der Waals surface area (Å²) in [6.45, 7) is 7.64. The molecule has 5 nitrogen and oxygen atoms in total. The molecule has 6 heteroatoms. The lowest BCUT2D eigenvalue weighted by Crippen LogP contribution is -2.36. The normalized spacial score (nSPS) is 20.9. The molecule has 0 unspecified atom stereocenters. The Balaban J connectivity index is 1.67. The largest absolute Gasteiger partial charge is 0.450 e. The van der Waals surface area contributed by atoms with Crippen LogP contribution in [0.4, 0.5) is 0 Å². The first kappa shape index (κ1) is 21.4. The van der Waals surface area contributed by atoms with Crippen LogP contribution in [0.2, 0.25) is 0 Å². The van der Waals surface area contributed by atoms with Crippen molar-refractivity contribution in [3.8, 4) is 0 Å². The van der Waals surface area contributed by atoms with E-state index < -0.39 is 6.04 Å². The minimum atomic E-state index is -0.490. The molecule has 166 valence electrons.